The number of rotatable bonds is 7. The average Bonchev–Trinajstić information content (AvgIpc) is 3.42. The van der Waals surface area contributed by atoms with E-state index in [1.807, 2.05) is 24.5 Å². The smallest absolute Gasteiger partial charge is 0.240 e. The third kappa shape index (κ3) is 5.95. The van der Waals surface area contributed by atoms with E-state index in [1.165, 1.54) is 31.7 Å². The minimum absolute atomic E-state index is 0.331. The molecule has 0 spiro atoms. The van der Waals surface area contributed by atoms with Gasteiger partial charge in [0.25, 0.3) is 0 Å². The molecule has 10 heteroatoms. The van der Waals surface area contributed by atoms with Gasteiger partial charge in [-0.3, -0.25) is 0 Å². The second-order valence-corrected chi connectivity index (χ2v) is 10.9. The highest BCUT2D eigenvalue weighted by Crippen LogP contribution is 2.35. The number of hydrogen-bond donors (Lipinski definition) is 1. The van der Waals surface area contributed by atoms with E-state index in [9.17, 15) is 8.78 Å². The van der Waals surface area contributed by atoms with Crippen LogP contribution in [0.1, 0.15) is 50.8 Å². The van der Waals surface area contributed by atoms with Crippen molar-refractivity contribution in [3.8, 4) is 22.8 Å². The zero-order chi connectivity index (χ0) is 27.5. The second-order valence-electron chi connectivity index (χ2n) is 10.9. The average molecular weight is 546 g/mol. The largest absolute Gasteiger partial charge is 0.369 e. The van der Waals surface area contributed by atoms with Crippen molar-refractivity contribution < 1.29 is 13.3 Å². The quantitative estimate of drug-likeness (QED) is 0.283. The van der Waals surface area contributed by atoms with Crippen LogP contribution in [0.25, 0.3) is 22.8 Å². The Morgan fingerprint density at radius 2 is 1.75 bits per heavy atom. The fraction of sp³-hybridized carbons (Fsp3) is 0.433. The van der Waals surface area contributed by atoms with Crippen LogP contribution in [0.4, 0.5) is 20.3 Å². The van der Waals surface area contributed by atoms with E-state index in [-0.39, 0.29) is 0 Å². The molecule has 4 heterocycles. The van der Waals surface area contributed by atoms with E-state index in [2.05, 4.69) is 35.3 Å². The van der Waals surface area contributed by atoms with Crippen LogP contribution >= 0.6 is 0 Å². The standard InChI is InChI=1S/C30H33F2N7O/c1-19-36-30(38-40-19)29-34-16-24(17-35-29)39-12-4-5-20(18-39)13-23-6-2-3-7-27(23)37-28-15-22(10-11-33-28)21-8-9-25(31)26(32)14-21/h8-11,14-17,20,23,27H,2-7,12-13,18H2,1H3,(H,33,37)/t20-,23+,27-/m1/s1. The fourth-order valence-corrected chi connectivity index (χ4v) is 6.14. The van der Waals surface area contributed by atoms with Gasteiger partial charge in [0.15, 0.2) is 11.6 Å². The molecule has 4 aromatic rings. The summed E-state index contributed by atoms with van der Waals surface area (Å²) in [4.78, 5) is 20.1. The molecule has 3 aromatic heterocycles. The Hall–Kier alpha value is -3.95. The molecule has 0 bridgehead atoms. The van der Waals surface area contributed by atoms with Crippen LogP contribution in [0.2, 0.25) is 0 Å². The summed E-state index contributed by atoms with van der Waals surface area (Å²) in [6.07, 6.45) is 13.7. The second kappa shape index (κ2) is 11.7. The van der Waals surface area contributed by atoms with Crippen molar-refractivity contribution in [1.29, 1.82) is 0 Å². The maximum absolute atomic E-state index is 13.8. The van der Waals surface area contributed by atoms with E-state index < -0.39 is 11.6 Å². The van der Waals surface area contributed by atoms with Gasteiger partial charge in [-0.15, -0.1) is 0 Å². The normalized spacial score (nSPS) is 21.4. The molecule has 2 aliphatic rings. The summed E-state index contributed by atoms with van der Waals surface area (Å²) in [6.45, 7) is 3.72. The maximum atomic E-state index is 13.8. The summed E-state index contributed by atoms with van der Waals surface area (Å²) in [5.74, 6) is 1.58. The highest BCUT2D eigenvalue weighted by atomic mass is 19.2. The molecular weight excluding hydrogens is 512 g/mol. The highest BCUT2D eigenvalue weighted by Gasteiger charge is 2.30. The maximum Gasteiger partial charge on any atom is 0.240 e. The van der Waals surface area contributed by atoms with Gasteiger partial charge in [0.05, 0.1) is 18.1 Å². The molecule has 3 atom stereocenters. The zero-order valence-corrected chi connectivity index (χ0v) is 22.6. The van der Waals surface area contributed by atoms with E-state index in [0.29, 0.717) is 41.0 Å². The van der Waals surface area contributed by atoms with Gasteiger partial charge in [-0.05, 0) is 79.3 Å². The van der Waals surface area contributed by atoms with Gasteiger partial charge in [0, 0.05) is 32.3 Å². The lowest BCUT2D eigenvalue weighted by molar-refractivity contribution is 0.247. The Kier molecular flexibility index (Phi) is 7.66. The summed E-state index contributed by atoms with van der Waals surface area (Å²) in [5.41, 5.74) is 2.47. The first-order chi connectivity index (χ1) is 19.5. The number of halogens is 2. The van der Waals surface area contributed by atoms with E-state index in [4.69, 9.17) is 4.52 Å². The molecule has 1 aliphatic carbocycles. The number of aromatic nitrogens is 5. The number of hydrogen-bond acceptors (Lipinski definition) is 8. The van der Waals surface area contributed by atoms with Crippen LogP contribution < -0.4 is 10.2 Å². The van der Waals surface area contributed by atoms with E-state index in [1.54, 1.807) is 19.2 Å². The van der Waals surface area contributed by atoms with Crippen molar-refractivity contribution in [3.63, 3.8) is 0 Å². The van der Waals surface area contributed by atoms with Crippen molar-refractivity contribution >= 4 is 11.5 Å². The van der Waals surface area contributed by atoms with Crippen LogP contribution in [0.3, 0.4) is 0 Å². The molecule has 0 amide bonds. The predicted octanol–water partition coefficient (Wildman–Crippen LogP) is 6.45. The number of benzene rings is 1. The van der Waals surface area contributed by atoms with Crippen LogP contribution in [0, 0.1) is 30.4 Å². The third-order valence-electron chi connectivity index (χ3n) is 8.14. The molecule has 0 unspecified atom stereocenters. The minimum Gasteiger partial charge on any atom is -0.369 e. The SMILES string of the molecule is Cc1nc(-c2ncc(N3CCC[C@H](C[C@@H]4CCCC[C@H]4Nc4cc(-c5ccc(F)c(F)c5)ccn4)C3)cn2)no1. The zero-order valence-electron chi connectivity index (χ0n) is 22.6. The monoisotopic (exact) mass is 545 g/mol. The Balaban J connectivity index is 1.10. The van der Waals surface area contributed by atoms with Gasteiger partial charge in [-0.2, -0.15) is 4.98 Å². The summed E-state index contributed by atoms with van der Waals surface area (Å²) in [7, 11) is 0. The van der Waals surface area contributed by atoms with Crippen molar-refractivity contribution in [3.05, 3.63) is 66.4 Å². The summed E-state index contributed by atoms with van der Waals surface area (Å²) >= 11 is 0. The summed E-state index contributed by atoms with van der Waals surface area (Å²) < 4.78 is 32.3. The van der Waals surface area contributed by atoms with Crippen LogP contribution in [-0.4, -0.2) is 44.2 Å². The number of nitrogens with one attached hydrogen (secondary N) is 1. The number of aryl methyl sites for hydroxylation is 1. The molecular formula is C30H33F2N7O. The van der Waals surface area contributed by atoms with Crippen LogP contribution in [0.15, 0.2) is 53.4 Å². The van der Waals surface area contributed by atoms with Gasteiger partial charge < -0.3 is 14.7 Å². The first-order valence-corrected chi connectivity index (χ1v) is 14.1. The number of piperidine rings is 1. The number of nitrogens with zero attached hydrogens (tertiary/aromatic N) is 6. The van der Waals surface area contributed by atoms with E-state index >= 15 is 0 Å². The van der Waals surface area contributed by atoms with Gasteiger partial charge in [-0.1, -0.05) is 24.1 Å². The van der Waals surface area contributed by atoms with Gasteiger partial charge in [0.1, 0.15) is 5.82 Å². The van der Waals surface area contributed by atoms with Crippen LogP contribution in [-0.2, 0) is 0 Å². The Morgan fingerprint density at radius 1 is 0.925 bits per heavy atom. The van der Waals surface area contributed by atoms with Gasteiger partial charge in [0.2, 0.25) is 17.5 Å². The lowest BCUT2D eigenvalue weighted by atomic mass is 9.77. The molecule has 6 rings (SSSR count). The summed E-state index contributed by atoms with van der Waals surface area (Å²) in [6, 6.07) is 8.08. The first-order valence-electron chi connectivity index (χ1n) is 14.1. The first kappa shape index (κ1) is 26.3. The van der Waals surface area contributed by atoms with Crippen LogP contribution in [0.5, 0.6) is 0 Å². The molecule has 2 fully saturated rings. The van der Waals surface area contributed by atoms with Gasteiger partial charge >= 0.3 is 0 Å². The summed E-state index contributed by atoms with van der Waals surface area (Å²) in [5, 5.41) is 7.60. The molecule has 40 heavy (non-hydrogen) atoms. The third-order valence-corrected chi connectivity index (χ3v) is 8.14. The highest BCUT2D eigenvalue weighted by molar-refractivity contribution is 5.66. The fourth-order valence-electron chi connectivity index (χ4n) is 6.14. The Bertz CT molecular complexity index is 1440. The van der Waals surface area contributed by atoms with Crippen molar-refractivity contribution in [2.75, 3.05) is 23.3 Å². The van der Waals surface area contributed by atoms with Crippen molar-refractivity contribution in [2.45, 2.75) is 57.9 Å². The molecule has 0 radical (unpaired) electrons. The predicted molar refractivity (Wildman–Crippen MR) is 149 cm³/mol. The minimum atomic E-state index is -0.845. The van der Waals surface area contributed by atoms with Crippen molar-refractivity contribution in [1.82, 2.24) is 25.1 Å². The van der Waals surface area contributed by atoms with Gasteiger partial charge in [-0.25, -0.2) is 23.7 Å². The Labute approximate surface area is 232 Å². The van der Waals surface area contributed by atoms with Crippen molar-refractivity contribution in [2.24, 2.45) is 11.8 Å². The molecule has 208 valence electrons. The Morgan fingerprint density at radius 3 is 2.55 bits per heavy atom. The lowest BCUT2D eigenvalue weighted by Gasteiger charge is -2.39. The molecule has 1 N–H and O–H groups in total. The number of pyridine rings is 1. The number of anilines is 2. The molecule has 1 aliphatic heterocycles. The molecule has 1 aromatic carbocycles. The lowest BCUT2D eigenvalue weighted by Crippen LogP contribution is -2.39. The molecule has 8 nitrogen and oxygen atoms in total. The topological polar surface area (TPSA) is 92.9 Å². The molecule has 1 saturated carbocycles. The molecule has 1 saturated heterocycles. The van der Waals surface area contributed by atoms with E-state index in [0.717, 1.165) is 55.5 Å².